The lowest BCUT2D eigenvalue weighted by atomic mass is 10.2. The van der Waals surface area contributed by atoms with E-state index in [0.717, 1.165) is 27.6 Å². The van der Waals surface area contributed by atoms with Crippen molar-refractivity contribution in [2.45, 2.75) is 17.7 Å². The molecule has 8 heteroatoms. The van der Waals surface area contributed by atoms with Crippen molar-refractivity contribution in [3.05, 3.63) is 95.4 Å². The number of rotatable bonds is 12. The van der Waals surface area contributed by atoms with Crippen LogP contribution in [-0.2, 0) is 11.2 Å². The van der Waals surface area contributed by atoms with Crippen molar-refractivity contribution in [2.75, 3.05) is 19.0 Å². The Morgan fingerprint density at radius 3 is 2.58 bits per heavy atom. The Balaban J connectivity index is 1.26. The molecular formula is C28H27N3O3S2. The number of carbonyl (C=O) groups is 1. The molecule has 0 saturated heterocycles. The summed E-state index contributed by atoms with van der Waals surface area (Å²) in [6, 6.07) is 25.8. The molecule has 4 aromatic rings. The van der Waals surface area contributed by atoms with E-state index in [1.54, 1.807) is 6.21 Å². The van der Waals surface area contributed by atoms with E-state index in [-0.39, 0.29) is 11.7 Å². The van der Waals surface area contributed by atoms with Crippen LogP contribution in [0.2, 0.25) is 0 Å². The molecule has 6 nitrogen and oxygen atoms in total. The van der Waals surface area contributed by atoms with Gasteiger partial charge in [-0.25, -0.2) is 10.4 Å². The highest BCUT2D eigenvalue weighted by molar-refractivity contribution is 8.01. The predicted octanol–water partition coefficient (Wildman–Crippen LogP) is 6.07. The third-order valence-electron chi connectivity index (χ3n) is 5.04. The molecule has 4 rings (SSSR count). The average Bonchev–Trinajstić information content (AvgIpc) is 3.39. The minimum Gasteiger partial charge on any atom is -0.490 e. The van der Waals surface area contributed by atoms with Gasteiger partial charge in [0, 0.05) is 17.4 Å². The molecule has 0 bridgehead atoms. The molecule has 1 heterocycles. The fourth-order valence-electron chi connectivity index (χ4n) is 3.32. The number of amides is 1. The minimum absolute atomic E-state index is 0.196. The average molecular weight is 518 g/mol. The zero-order valence-corrected chi connectivity index (χ0v) is 21.6. The fraction of sp³-hybridized carbons (Fsp3) is 0.179. The Bertz CT molecular complexity index is 1280. The van der Waals surface area contributed by atoms with E-state index in [2.05, 4.69) is 27.6 Å². The second-order valence-electron chi connectivity index (χ2n) is 7.67. The third-order valence-corrected chi connectivity index (χ3v) is 7.06. The van der Waals surface area contributed by atoms with E-state index in [1.807, 2.05) is 79.0 Å². The van der Waals surface area contributed by atoms with Crippen molar-refractivity contribution in [1.29, 1.82) is 0 Å². The maximum Gasteiger partial charge on any atom is 0.250 e. The summed E-state index contributed by atoms with van der Waals surface area (Å²) >= 11 is 2.92. The summed E-state index contributed by atoms with van der Waals surface area (Å²) in [5.41, 5.74) is 6.57. The lowest BCUT2D eigenvalue weighted by Gasteiger charge is -2.12. The number of benzene rings is 3. The number of hydrogen-bond acceptors (Lipinski definition) is 7. The van der Waals surface area contributed by atoms with E-state index in [0.29, 0.717) is 24.7 Å². The fourth-order valence-corrected chi connectivity index (χ4v) is 4.95. The number of thioether (sulfide) groups is 1. The molecule has 0 aliphatic rings. The molecule has 1 aromatic heterocycles. The highest BCUT2D eigenvalue weighted by Gasteiger charge is 2.09. The number of aromatic nitrogens is 1. The molecule has 3 aromatic carbocycles. The molecule has 0 aliphatic carbocycles. The first kappa shape index (κ1) is 25.5. The van der Waals surface area contributed by atoms with Crippen LogP contribution in [0.4, 0.5) is 0 Å². The van der Waals surface area contributed by atoms with Crippen LogP contribution in [0, 0.1) is 0 Å². The lowest BCUT2D eigenvalue weighted by molar-refractivity contribution is -0.118. The number of hydrogen-bond donors (Lipinski definition) is 1. The van der Waals surface area contributed by atoms with Crippen LogP contribution in [0.1, 0.15) is 18.1 Å². The molecule has 0 saturated carbocycles. The molecule has 0 spiro atoms. The van der Waals surface area contributed by atoms with Crippen molar-refractivity contribution >= 4 is 35.2 Å². The predicted molar refractivity (Wildman–Crippen MR) is 147 cm³/mol. The number of hydrazone groups is 1. The second-order valence-corrected chi connectivity index (χ2v) is 9.75. The van der Waals surface area contributed by atoms with Crippen LogP contribution >= 0.6 is 23.1 Å². The molecule has 0 fully saturated rings. The van der Waals surface area contributed by atoms with E-state index in [4.69, 9.17) is 9.47 Å². The highest BCUT2D eigenvalue weighted by atomic mass is 32.2. The number of ether oxygens (including phenoxy) is 2. The van der Waals surface area contributed by atoms with Crippen molar-refractivity contribution < 1.29 is 14.3 Å². The highest BCUT2D eigenvalue weighted by Crippen LogP contribution is 2.29. The maximum absolute atomic E-state index is 12.2. The van der Waals surface area contributed by atoms with Crippen LogP contribution in [-0.4, -0.2) is 36.1 Å². The third kappa shape index (κ3) is 7.69. The van der Waals surface area contributed by atoms with Crippen LogP contribution < -0.4 is 14.9 Å². The van der Waals surface area contributed by atoms with Gasteiger partial charge in [-0.15, -0.1) is 11.3 Å². The van der Waals surface area contributed by atoms with Crippen LogP contribution in [0.3, 0.4) is 0 Å². The Morgan fingerprint density at radius 2 is 1.81 bits per heavy atom. The van der Waals surface area contributed by atoms with Gasteiger partial charge in [-0.1, -0.05) is 72.4 Å². The minimum atomic E-state index is -0.196. The molecular weight excluding hydrogens is 490 g/mol. The first-order chi connectivity index (χ1) is 17.7. The molecule has 0 aliphatic heterocycles. The smallest absolute Gasteiger partial charge is 0.250 e. The monoisotopic (exact) mass is 517 g/mol. The SMILES string of the molecule is CCOc1cc(/C=N/NC(=O)CSc2nc(-c3ccccc3)cs2)ccc1OCCc1ccccc1. The zero-order chi connectivity index (χ0) is 25.0. The molecule has 1 amide bonds. The number of nitrogens with zero attached hydrogens (tertiary/aromatic N) is 2. The van der Waals surface area contributed by atoms with E-state index >= 15 is 0 Å². The Hall–Kier alpha value is -3.62. The summed E-state index contributed by atoms with van der Waals surface area (Å²) in [5.74, 6) is 1.37. The molecule has 184 valence electrons. The normalized spacial score (nSPS) is 10.9. The maximum atomic E-state index is 12.2. The number of nitrogens with one attached hydrogen (secondary N) is 1. The summed E-state index contributed by atoms with van der Waals surface area (Å²) in [6.07, 6.45) is 2.41. The molecule has 0 radical (unpaired) electrons. The Morgan fingerprint density at radius 1 is 1.03 bits per heavy atom. The first-order valence-electron chi connectivity index (χ1n) is 11.6. The van der Waals surface area contributed by atoms with Crippen molar-refractivity contribution in [1.82, 2.24) is 10.4 Å². The van der Waals surface area contributed by atoms with E-state index in [1.165, 1.54) is 28.7 Å². The van der Waals surface area contributed by atoms with Gasteiger partial charge >= 0.3 is 0 Å². The molecule has 0 unspecified atom stereocenters. The summed E-state index contributed by atoms with van der Waals surface area (Å²) in [6.45, 7) is 3.00. The summed E-state index contributed by atoms with van der Waals surface area (Å²) in [5, 5.41) is 6.09. The standard InChI is InChI=1S/C28H27N3O3S2/c1-2-33-26-17-22(13-14-25(26)34-16-15-21-9-5-3-6-10-21)18-29-31-27(32)20-36-28-30-24(19-35-28)23-11-7-4-8-12-23/h3-14,17-19H,2,15-16,20H2,1H3,(H,31,32)/b29-18+. The summed E-state index contributed by atoms with van der Waals surface area (Å²) in [7, 11) is 0. The van der Waals surface area contributed by atoms with Gasteiger partial charge in [0.05, 0.1) is 30.9 Å². The van der Waals surface area contributed by atoms with E-state index < -0.39 is 0 Å². The van der Waals surface area contributed by atoms with Gasteiger partial charge in [-0.2, -0.15) is 5.10 Å². The lowest BCUT2D eigenvalue weighted by Crippen LogP contribution is -2.19. The van der Waals surface area contributed by atoms with E-state index in [9.17, 15) is 4.79 Å². The number of carbonyl (C=O) groups excluding carboxylic acids is 1. The van der Waals surface area contributed by atoms with Gasteiger partial charge in [0.1, 0.15) is 0 Å². The van der Waals surface area contributed by atoms with Gasteiger partial charge in [0.25, 0.3) is 5.91 Å². The molecule has 0 atom stereocenters. The number of thiazole rings is 1. The zero-order valence-electron chi connectivity index (χ0n) is 19.9. The van der Waals surface area contributed by atoms with Gasteiger partial charge in [-0.3, -0.25) is 4.79 Å². The summed E-state index contributed by atoms with van der Waals surface area (Å²) in [4.78, 5) is 16.8. The Kier molecular flexibility index (Phi) is 9.53. The van der Waals surface area contributed by atoms with Crippen molar-refractivity contribution in [2.24, 2.45) is 5.10 Å². The largest absolute Gasteiger partial charge is 0.490 e. The van der Waals surface area contributed by atoms with Crippen LogP contribution in [0.25, 0.3) is 11.3 Å². The van der Waals surface area contributed by atoms with Gasteiger partial charge in [0.15, 0.2) is 15.8 Å². The quantitative estimate of drug-likeness (QED) is 0.140. The molecule has 1 N–H and O–H groups in total. The van der Waals surface area contributed by atoms with Gasteiger partial charge in [0.2, 0.25) is 0 Å². The first-order valence-corrected chi connectivity index (χ1v) is 13.5. The topological polar surface area (TPSA) is 72.8 Å². The van der Waals surface area contributed by atoms with Gasteiger partial charge in [-0.05, 0) is 36.2 Å². The van der Waals surface area contributed by atoms with Crippen molar-refractivity contribution in [3.63, 3.8) is 0 Å². The second kappa shape index (κ2) is 13.5. The van der Waals surface area contributed by atoms with Crippen LogP contribution in [0.5, 0.6) is 11.5 Å². The Labute approximate surface area is 219 Å². The van der Waals surface area contributed by atoms with Crippen LogP contribution in [0.15, 0.2) is 93.7 Å². The van der Waals surface area contributed by atoms with Gasteiger partial charge < -0.3 is 9.47 Å². The molecule has 36 heavy (non-hydrogen) atoms. The summed E-state index contributed by atoms with van der Waals surface area (Å²) < 4.78 is 12.5. The van der Waals surface area contributed by atoms with Crippen molar-refractivity contribution in [3.8, 4) is 22.8 Å².